The number of piperidine rings is 2. The smallest absolute Gasteiger partial charge is 0.124 e. The van der Waals surface area contributed by atoms with Crippen molar-refractivity contribution in [3.05, 3.63) is 35.1 Å². The molecule has 0 amide bonds. The molecule has 0 aromatic heterocycles. The molecule has 0 aliphatic carbocycles. The minimum absolute atomic E-state index is 0.309. The van der Waals surface area contributed by atoms with Gasteiger partial charge in [0.15, 0.2) is 0 Å². The summed E-state index contributed by atoms with van der Waals surface area (Å²) in [5.74, 6) is 0.429. The van der Waals surface area contributed by atoms with Crippen molar-refractivity contribution in [2.24, 2.45) is 5.92 Å². The van der Waals surface area contributed by atoms with Crippen LogP contribution in [-0.2, 0) is 6.54 Å². The maximum absolute atomic E-state index is 13.5. The Morgan fingerprint density at radius 3 is 2.95 bits per heavy atom. The van der Waals surface area contributed by atoms with Gasteiger partial charge in [-0.15, -0.1) is 0 Å². The third-order valence-electron chi connectivity index (χ3n) is 4.92. The summed E-state index contributed by atoms with van der Waals surface area (Å²) in [4.78, 5) is 4.91. The molecule has 4 heteroatoms. The molecular weight excluding hydrogens is 265 g/mol. The minimum Gasteiger partial charge on any atom is -0.303 e. The van der Waals surface area contributed by atoms with Crippen LogP contribution in [0.25, 0.3) is 0 Å². The molecular formula is C17H22FN3. The summed E-state index contributed by atoms with van der Waals surface area (Å²) >= 11 is 0. The monoisotopic (exact) mass is 287 g/mol. The lowest BCUT2D eigenvalue weighted by Crippen LogP contribution is -2.52. The van der Waals surface area contributed by atoms with Gasteiger partial charge in [0.2, 0.25) is 0 Å². The van der Waals surface area contributed by atoms with E-state index in [2.05, 4.69) is 16.8 Å². The van der Waals surface area contributed by atoms with Crippen LogP contribution in [0, 0.1) is 23.1 Å². The van der Waals surface area contributed by atoms with E-state index in [9.17, 15) is 4.39 Å². The topological polar surface area (TPSA) is 30.3 Å². The van der Waals surface area contributed by atoms with Crippen LogP contribution in [0.4, 0.5) is 4.39 Å². The summed E-state index contributed by atoms with van der Waals surface area (Å²) in [7, 11) is 2.23. The van der Waals surface area contributed by atoms with Gasteiger partial charge >= 0.3 is 0 Å². The van der Waals surface area contributed by atoms with Crippen molar-refractivity contribution in [3.8, 4) is 6.07 Å². The van der Waals surface area contributed by atoms with Gasteiger partial charge in [0.25, 0.3) is 0 Å². The fourth-order valence-corrected chi connectivity index (χ4v) is 3.94. The van der Waals surface area contributed by atoms with Gasteiger partial charge < -0.3 is 4.90 Å². The molecule has 2 aliphatic heterocycles. The maximum Gasteiger partial charge on any atom is 0.124 e. The number of hydrogen-bond acceptors (Lipinski definition) is 3. The van der Waals surface area contributed by atoms with E-state index in [4.69, 9.17) is 5.26 Å². The molecule has 112 valence electrons. The first-order valence-corrected chi connectivity index (χ1v) is 7.78. The number of nitriles is 1. The molecule has 0 saturated carbocycles. The molecule has 0 spiro atoms. The first-order chi connectivity index (χ1) is 10.2. The summed E-state index contributed by atoms with van der Waals surface area (Å²) in [6, 6.07) is 7.41. The van der Waals surface area contributed by atoms with Gasteiger partial charge in [-0.3, -0.25) is 4.90 Å². The molecule has 0 bridgehead atoms. The Bertz CT molecular complexity index is 551. The van der Waals surface area contributed by atoms with Gasteiger partial charge in [0, 0.05) is 19.1 Å². The van der Waals surface area contributed by atoms with E-state index in [0.717, 1.165) is 37.2 Å². The van der Waals surface area contributed by atoms with E-state index in [1.807, 2.05) is 12.1 Å². The molecule has 0 N–H and O–H groups in total. The van der Waals surface area contributed by atoms with Gasteiger partial charge in [-0.2, -0.15) is 5.26 Å². The third kappa shape index (κ3) is 3.25. The lowest BCUT2D eigenvalue weighted by Gasteiger charge is -2.46. The highest BCUT2D eigenvalue weighted by atomic mass is 19.1. The van der Waals surface area contributed by atoms with Crippen LogP contribution >= 0.6 is 0 Å². The third-order valence-corrected chi connectivity index (χ3v) is 4.92. The predicted molar refractivity (Wildman–Crippen MR) is 80.2 cm³/mol. The first-order valence-electron chi connectivity index (χ1n) is 7.78. The number of rotatable bonds is 2. The Labute approximate surface area is 126 Å². The number of benzene rings is 1. The van der Waals surface area contributed by atoms with Crippen molar-refractivity contribution in [2.45, 2.75) is 31.8 Å². The highest BCUT2D eigenvalue weighted by Gasteiger charge is 2.34. The standard InChI is InChI=1S/C17H22FN3/c1-20-5-2-3-15-12-21(6-4-17(15)20)11-14-7-13(10-19)8-16(18)9-14/h7-9,15,17H,2-6,11-12H2,1H3. The summed E-state index contributed by atoms with van der Waals surface area (Å²) in [6.45, 7) is 4.12. The summed E-state index contributed by atoms with van der Waals surface area (Å²) in [5, 5.41) is 8.94. The van der Waals surface area contributed by atoms with Crippen molar-refractivity contribution < 1.29 is 4.39 Å². The number of hydrogen-bond donors (Lipinski definition) is 0. The molecule has 2 aliphatic rings. The van der Waals surface area contributed by atoms with Crippen LogP contribution in [0.5, 0.6) is 0 Å². The molecule has 0 radical (unpaired) electrons. The molecule has 1 aromatic rings. The zero-order valence-corrected chi connectivity index (χ0v) is 12.6. The maximum atomic E-state index is 13.5. The van der Waals surface area contributed by atoms with E-state index in [1.165, 1.54) is 31.9 Å². The van der Waals surface area contributed by atoms with E-state index in [-0.39, 0.29) is 5.82 Å². The van der Waals surface area contributed by atoms with Crippen LogP contribution in [-0.4, -0.2) is 42.5 Å². The SMILES string of the molecule is CN1CCCC2CN(Cc3cc(F)cc(C#N)c3)CCC21. The fraction of sp³-hybridized carbons (Fsp3) is 0.588. The van der Waals surface area contributed by atoms with Crippen molar-refractivity contribution in [1.29, 1.82) is 5.26 Å². The number of fused-ring (bicyclic) bond motifs is 1. The second-order valence-electron chi connectivity index (χ2n) is 6.43. The molecule has 3 nitrogen and oxygen atoms in total. The Balaban J connectivity index is 1.67. The van der Waals surface area contributed by atoms with Crippen LogP contribution < -0.4 is 0 Å². The molecule has 2 fully saturated rings. The van der Waals surface area contributed by atoms with Gasteiger partial charge in [0.1, 0.15) is 5.82 Å². The zero-order valence-electron chi connectivity index (χ0n) is 12.6. The van der Waals surface area contributed by atoms with Crippen LogP contribution in [0.1, 0.15) is 30.4 Å². The molecule has 2 heterocycles. The Hall–Kier alpha value is -1.44. The number of halogens is 1. The van der Waals surface area contributed by atoms with Crippen LogP contribution in [0.3, 0.4) is 0 Å². The van der Waals surface area contributed by atoms with Gasteiger partial charge in [-0.25, -0.2) is 4.39 Å². The Morgan fingerprint density at radius 1 is 1.29 bits per heavy atom. The van der Waals surface area contributed by atoms with Gasteiger partial charge in [-0.05, 0) is 69.1 Å². The first kappa shape index (κ1) is 14.5. The fourth-order valence-electron chi connectivity index (χ4n) is 3.94. The van der Waals surface area contributed by atoms with Gasteiger partial charge in [0.05, 0.1) is 11.6 Å². The van der Waals surface area contributed by atoms with E-state index in [1.54, 1.807) is 6.07 Å². The number of likely N-dealkylation sites (tertiary alicyclic amines) is 2. The lowest BCUT2D eigenvalue weighted by molar-refractivity contribution is 0.0354. The molecule has 3 rings (SSSR count). The second-order valence-corrected chi connectivity index (χ2v) is 6.43. The van der Waals surface area contributed by atoms with E-state index >= 15 is 0 Å². The van der Waals surface area contributed by atoms with E-state index in [0.29, 0.717) is 5.56 Å². The average Bonchev–Trinajstić information content (AvgIpc) is 2.46. The zero-order chi connectivity index (χ0) is 14.8. The van der Waals surface area contributed by atoms with Crippen LogP contribution in [0.15, 0.2) is 18.2 Å². The van der Waals surface area contributed by atoms with Crippen molar-refractivity contribution in [3.63, 3.8) is 0 Å². The van der Waals surface area contributed by atoms with Gasteiger partial charge in [-0.1, -0.05) is 0 Å². The van der Waals surface area contributed by atoms with Crippen molar-refractivity contribution in [1.82, 2.24) is 9.80 Å². The average molecular weight is 287 g/mol. The van der Waals surface area contributed by atoms with Crippen molar-refractivity contribution in [2.75, 3.05) is 26.7 Å². The summed E-state index contributed by atoms with van der Waals surface area (Å²) in [6.07, 6.45) is 3.78. The molecule has 1 aromatic carbocycles. The largest absolute Gasteiger partial charge is 0.303 e. The molecule has 2 atom stereocenters. The van der Waals surface area contributed by atoms with Crippen LogP contribution in [0.2, 0.25) is 0 Å². The Kier molecular flexibility index (Phi) is 4.23. The lowest BCUT2D eigenvalue weighted by atomic mass is 9.84. The second kappa shape index (κ2) is 6.13. The highest BCUT2D eigenvalue weighted by Crippen LogP contribution is 2.30. The number of nitrogens with zero attached hydrogens (tertiary/aromatic N) is 3. The minimum atomic E-state index is -0.309. The predicted octanol–water partition coefficient (Wildman–Crippen LogP) is 2.61. The van der Waals surface area contributed by atoms with E-state index < -0.39 is 0 Å². The summed E-state index contributed by atoms with van der Waals surface area (Å²) in [5.41, 5.74) is 1.33. The molecule has 2 unspecified atom stereocenters. The van der Waals surface area contributed by atoms with Crippen molar-refractivity contribution >= 4 is 0 Å². The molecule has 2 saturated heterocycles. The normalized spacial score (nSPS) is 27.1. The molecule has 21 heavy (non-hydrogen) atoms. The Morgan fingerprint density at radius 2 is 2.14 bits per heavy atom. The summed E-state index contributed by atoms with van der Waals surface area (Å²) < 4.78 is 13.5. The highest BCUT2D eigenvalue weighted by molar-refractivity contribution is 5.33. The quantitative estimate of drug-likeness (QED) is 0.837.